The normalized spacial score (nSPS) is 13.6. The van der Waals surface area contributed by atoms with Crippen LogP contribution in [0.4, 0.5) is 0 Å². The predicted molar refractivity (Wildman–Crippen MR) is 229 cm³/mol. The number of aromatic nitrogens is 4. The molecule has 11 aromatic rings. The van der Waals surface area contributed by atoms with Crippen LogP contribution in [-0.2, 0) is 0 Å². The molecule has 3 heterocycles. The summed E-state index contributed by atoms with van der Waals surface area (Å²) in [6.45, 7) is 0. The van der Waals surface area contributed by atoms with Crippen LogP contribution in [0.5, 0.6) is 0 Å². The summed E-state index contributed by atoms with van der Waals surface area (Å²) in [7, 11) is 0. The van der Waals surface area contributed by atoms with Crippen LogP contribution in [0.1, 0.15) is 11.0 Å². The molecule has 0 bridgehead atoms. The Morgan fingerprint density at radius 2 is 0.964 bits per heavy atom. The second kappa shape index (κ2) is 13.0. The highest BCUT2D eigenvalue weighted by Crippen LogP contribution is 2.40. The maximum Gasteiger partial charge on any atom is 0.167 e. The molecule has 0 aliphatic rings. The van der Waals surface area contributed by atoms with Crippen molar-refractivity contribution in [3.05, 3.63) is 194 Å². The molecule has 0 atom stereocenters. The summed E-state index contributed by atoms with van der Waals surface area (Å²) >= 11 is 0. The van der Waals surface area contributed by atoms with Gasteiger partial charge in [-0.1, -0.05) is 152 Å². The van der Waals surface area contributed by atoms with E-state index in [0.29, 0.717) is 45.2 Å². The van der Waals surface area contributed by atoms with Gasteiger partial charge in [0.2, 0.25) is 0 Å². The molecule has 0 saturated carbocycles. The fourth-order valence-corrected chi connectivity index (χ4v) is 7.52. The van der Waals surface area contributed by atoms with Crippen LogP contribution in [0.3, 0.4) is 0 Å². The van der Waals surface area contributed by atoms with Crippen molar-refractivity contribution in [2.45, 2.75) is 0 Å². The molecular weight excluding hydrogens is 685 g/mol. The molecule has 56 heavy (non-hydrogen) atoms. The van der Waals surface area contributed by atoms with Crippen molar-refractivity contribution in [1.29, 1.82) is 0 Å². The van der Waals surface area contributed by atoms with Crippen LogP contribution >= 0.6 is 0 Å². The van der Waals surface area contributed by atoms with Crippen molar-refractivity contribution < 1.29 is 15.4 Å². The van der Waals surface area contributed by atoms with E-state index in [2.05, 4.69) is 6.07 Å². The van der Waals surface area contributed by atoms with E-state index in [1.54, 1.807) is 6.07 Å². The van der Waals surface area contributed by atoms with Gasteiger partial charge in [-0.25, -0.2) is 15.0 Å². The molecule has 5 nitrogen and oxygen atoms in total. The van der Waals surface area contributed by atoms with Gasteiger partial charge < -0.3 is 8.98 Å². The van der Waals surface area contributed by atoms with Gasteiger partial charge in [-0.2, -0.15) is 0 Å². The minimum atomic E-state index is -0.521. The number of furan rings is 1. The first kappa shape index (κ1) is 24.6. The summed E-state index contributed by atoms with van der Waals surface area (Å²) < 4.78 is 79.5. The number of hydrogen-bond donors (Lipinski definition) is 0. The van der Waals surface area contributed by atoms with E-state index in [1.165, 1.54) is 4.57 Å². The second-order valence-corrected chi connectivity index (χ2v) is 13.4. The summed E-state index contributed by atoms with van der Waals surface area (Å²) in [6.07, 6.45) is 0. The first-order valence-electron chi connectivity index (χ1n) is 22.1. The molecule has 0 aliphatic carbocycles. The minimum Gasteiger partial charge on any atom is -0.455 e. The van der Waals surface area contributed by atoms with Gasteiger partial charge >= 0.3 is 0 Å². The molecule has 0 N–H and O–H groups in total. The van der Waals surface area contributed by atoms with Gasteiger partial charge in [-0.3, -0.25) is 0 Å². The highest BCUT2D eigenvalue weighted by molar-refractivity contribution is 6.10. The summed E-state index contributed by atoms with van der Waals surface area (Å²) in [5.74, 6) is 0.855. The number of fused-ring (bicyclic) bond motifs is 6. The lowest BCUT2D eigenvalue weighted by molar-refractivity contribution is 0.669. The van der Waals surface area contributed by atoms with Crippen molar-refractivity contribution in [3.8, 4) is 62.1 Å². The number of benzene rings is 8. The average molecular weight is 725 g/mol. The molecule has 0 saturated heterocycles. The third-order valence-corrected chi connectivity index (χ3v) is 10.1. The molecule has 0 amide bonds. The average Bonchev–Trinajstić information content (AvgIpc) is 3.91. The van der Waals surface area contributed by atoms with E-state index in [4.69, 9.17) is 27.6 Å². The molecule has 3 aromatic heterocycles. The SMILES string of the molecule is [2H]c1c([2H])c([2H])c2c(c1[2H])c1c([2H])c([2H])c([2H])c([2H])c1n2-c1ccc(-c2cccc(-c3ccccc3)c2)cc1-c1nc(-c2ccccc2)nc(-c2cccc3c2oc2ccccc23)n1. The molecule has 0 aliphatic heterocycles. The second-order valence-electron chi connectivity index (χ2n) is 13.4. The molecule has 0 spiro atoms. The Morgan fingerprint density at radius 3 is 1.71 bits per heavy atom. The zero-order valence-electron chi connectivity index (χ0n) is 37.6. The monoisotopic (exact) mass is 724 g/mol. The summed E-state index contributed by atoms with van der Waals surface area (Å²) in [6, 6.07) is 43.0. The Morgan fingerprint density at radius 1 is 0.411 bits per heavy atom. The van der Waals surface area contributed by atoms with E-state index >= 15 is 0 Å². The lowest BCUT2D eigenvalue weighted by Crippen LogP contribution is -2.04. The largest absolute Gasteiger partial charge is 0.455 e. The number of hydrogen-bond acceptors (Lipinski definition) is 4. The topological polar surface area (TPSA) is 56.7 Å². The van der Waals surface area contributed by atoms with Gasteiger partial charge in [0.25, 0.3) is 0 Å². The van der Waals surface area contributed by atoms with Gasteiger partial charge in [0.1, 0.15) is 11.2 Å². The highest BCUT2D eigenvalue weighted by atomic mass is 16.3. The van der Waals surface area contributed by atoms with Gasteiger partial charge in [0, 0.05) is 32.7 Å². The van der Waals surface area contributed by atoms with Gasteiger partial charge in [-0.05, 0) is 64.7 Å². The lowest BCUT2D eigenvalue weighted by Gasteiger charge is -2.16. The van der Waals surface area contributed by atoms with Gasteiger partial charge in [0.15, 0.2) is 17.5 Å². The number of rotatable bonds is 6. The Balaban J connectivity index is 1.27. The van der Waals surface area contributed by atoms with Crippen molar-refractivity contribution >= 4 is 43.7 Å². The van der Waals surface area contributed by atoms with Gasteiger partial charge in [-0.15, -0.1) is 0 Å². The summed E-state index contributed by atoms with van der Waals surface area (Å²) in [5, 5.41) is 1.75. The Bertz CT molecular complexity index is 3640. The first-order chi connectivity index (χ1) is 31.1. The molecule has 8 aromatic carbocycles. The standard InChI is InChI=1S/C51H32N4O/c1-3-15-33(16-4-1)35-19-13-20-36(31-35)37-29-30-46(55-44-26-10-7-21-38(44)39-22-8-11-27-45(39)55)43(32-37)51-53-49(34-17-5-2-6-18-34)52-50(54-51)42-25-14-24-41-40-23-9-12-28-47(40)56-48(41)42/h1-32H/i7D,8D,10D,11D,21D,22D,26D,27D. The van der Waals surface area contributed by atoms with Crippen molar-refractivity contribution in [1.82, 2.24) is 19.5 Å². The predicted octanol–water partition coefficient (Wildman–Crippen LogP) is 13.2. The third-order valence-electron chi connectivity index (χ3n) is 10.1. The van der Waals surface area contributed by atoms with E-state index < -0.39 is 48.3 Å². The van der Waals surface area contributed by atoms with Crippen LogP contribution < -0.4 is 0 Å². The Labute approximate surface area is 334 Å². The maximum atomic E-state index is 9.29. The Hall–Kier alpha value is -7.63. The summed E-state index contributed by atoms with van der Waals surface area (Å²) in [4.78, 5) is 15.4. The molecular formula is C51H32N4O. The fraction of sp³-hybridized carbons (Fsp3) is 0. The van der Waals surface area contributed by atoms with Crippen molar-refractivity contribution in [2.75, 3.05) is 0 Å². The minimum absolute atomic E-state index is 0.0160. The summed E-state index contributed by atoms with van der Waals surface area (Å²) in [5.41, 5.74) is 6.95. The highest BCUT2D eigenvalue weighted by Gasteiger charge is 2.22. The number of nitrogens with zero attached hydrogens (tertiary/aromatic N) is 4. The van der Waals surface area contributed by atoms with Crippen LogP contribution in [0.25, 0.3) is 106 Å². The van der Waals surface area contributed by atoms with E-state index in [0.717, 1.165) is 33.0 Å². The van der Waals surface area contributed by atoms with Gasteiger partial charge in [0.05, 0.1) is 33.3 Å². The van der Waals surface area contributed by atoms with Crippen LogP contribution in [0.2, 0.25) is 0 Å². The molecule has 0 fully saturated rings. The quantitative estimate of drug-likeness (QED) is 0.171. The molecule has 5 heteroatoms. The van der Waals surface area contributed by atoms with E-state index in [-0.39, 0.29) is 27.6 Å². The molecule has 0 radical (unpaired) electrons. The molecule has 262 valence electrons. The van der Waals surface area contributed by atoms with Crippen molar-refractivity contribution in [3.63, 3.8) is 0 Å². The maximum absolute atomic E-state index is 9.29. The van der Waals surface area contributed by atoms with E-state index in [1.807, 2.05) is 133 Å². The zero-order valence-corrected chi connectivity index (χ0v) is 29.6. The third kappa shape index (κ3) is 5.29. The number of para-hydroxylation sites is 4. The molecule has 0 unspecified atom stereocenters. The van der Waals surface area contributed by atoms with Crippen LogP contribution in [-0.4, -0.2) is 19.5 Å². The fourth-order valence-electron chi connectivity index (χ4n) is 7.52. The molecule has 11 rings (SSSR count). The first-order valence-corrected chi connectivity index (χ1v) is 18.1. The van der Waals surface area contributed by atoms with Crippen LogP contribution in [0.15, 0.2) is 198 Å². The smallest absolute Gasteiger partial charge is 0.167 e. The van der Waals surface area contributed by atoms with E-state index in [9.17, 15) is 2.74 Å². The Kier molecular flexibility index (Phi) is 5.74. The van der Waals surface area contributed by atoms with Crippen molar-refractivity contribution in [2.24, 2.45) is 0 Å². The zero-order chi connectivity index (χ0) is 44.0. The van der Waals surface area contributed by atoms with Crippen LogP contribution in [0, 0.1) is 0 Å². The lowest BCUT2D eigenvalue weighted by atomic mass is 9.97.